The number of nitrogens with zero attached hydrogens (tertiary/aromatic N) is 1. The van der Waals surface area contributed by atoms with Crippen LogP contribution in [0.5, 0.6) is 0 Å². The van der Waals surface area contributed by atoms with Crippen LogP contribution in [-0.2, 0) is 9.53 Å². The maximum Gasteiger partial charge on any atom is 0.305 e. The molecule has 2 saturated carbocycles. The molecule has 0 amide bonds. The molecule has 0 radical (unpaired) electrons. The highest BCUT2D eigenvalue weighted by molar-refractivity contribution is 6.30. The first kappa shape index (κ1) is 22.1. The van der Waals surface area contributed by atoms with Crippen LogP contribution in [0.2, 0.25) is 5.02 Å². The molecule has 4 nitrogen and oxygen atoms in total. The number of carbonyl (C=O) groups is 1. The van der Waals surface area contributed by atoms with Gasteiger partial charge in [-0.3, -0.25) is 9.69 Å². The Balaban J connectivity index is 1.56. The first-order valence-electron chi connectivity index (χ1n) is 11.9. The van der Waals surface area contributed by atoms with Gasteiger partial charge in [0.25, 0.3) is 0 Å². The number of benzene rings is 1. The Labute approximate surface area is 185 Å². The van der Waals surface area contributed by atoms with Crippen molar-refractivity contribution < 1.29 is 14.6 Å². The van der Waals surface area contributed by atoms with Crippen molar-refractivity contribution in [2.75, 3.05) is 13.1 Å². The summed E-state index contributed by atoms with van der Waals surface area (Å²) in [6.45, 7) is 2.33. The molecule has 4 rings (SSSR count). The molecule has 2 aliphatic carbocycles. The molecule has 3 atom stereocenters. The van der Waals surface area contributed by atoms with Gasteiger partial charge in [0.15, 0.2) is 0 Å². The number of ether oxygens (including phenoxy) is 1. The number of aliphatic carboxylic acids is 1. The van der Waals surface area contributed by atoms with Gasteiger partial charge in [-0.1, -0.05) is 49.4 Å². The van der Waals surface area contributed by atoms with Gasteiger partial charge in [0, 0.05) is 24.2 Å². The summed E-state index contributed by atoms with van der Waals surface area (Å²) in [5.74, 6) is 0.824. The molecule has 0 spiro atoms. The van der Waals surface area contributed by atoms with Crippen molar-refractivity contribution in [3.63, 3.8) is 0 Å². The SMILES string of the molecule is O=C(O)CC1CCC(N(CC2CCCC2)CC2CCCC2)C(c2ccc(Cl)cc2)O1. The van der Waals surface area contributed by atoms with E-state index in [-0.39, 0.29) is 18.6 Å². The molecule has 1 saturated heterocycles. The summed E-state index contributed by atoms with van der Waals surface area (Å²) in [5.41, 5.74) is 1.13. The zero-order valence-electron chi connectivity index (χ0n) is 18.0. The fraction of sp³-hybridized carbons (Fsp3) is 0.720. The molecule has 3 unspecified atom stereocenters. The highest BCUT2D eigenvalue weighted by Crippen LogP contribution is 2.39. The van der Waals surface area contributed by atoms with Gasteiger partial charge in [-0.05, 0) is 68.1 Å². The molecule has 1 aliphatic heterocycles. The van der Waals surface area contributed by atoms with Crippen molar-refractivity contribution in [1.82, 2.24) is 4.90 Å². The van der Waals surface area contributed by atoms with Gasteiger partial charge in [0.2, 0.25) is 0 Å². The fourth-order valence-corrected chi connectivity index (χ4v) is 6.07. The van der Waals surface area contributed by atoms with E-state index in [2.05, 4.69) is 17.0 Å². The summed E-state index contributed by atoms with van der Waals surface area (Å²) in [6.07, 6.45) is 12.5. The lowest BCUT2D eigenvalue weighted by Gasteiger charge is -2.44. The fourth-order valence-electron chi connectivity index (χ4n) is 5.94. The van der Waals surface area contributed by atoms with Crippen LogP contribution in [0.25, 0.3) is 0 Å². The Hall–Kier alpha value is -1.10. The minimum absolute atomic E-state index is 0.0804. The number of hydrogen-bond donors (Lipinski definition) is 1. The number of carboxylic acids is 1. The Morgan fingerprint density at radius 2 is 1.50 bits per heavy atom. The maximum absolute atomic E-state index is 11.3. The predicted octanol–water partition coefficient (Wildman–Crippen LogP) is 6.09. The molecule has 0 bridgehead atoms. The van der Waals surface area contributed by atoms with Crippen LogP contribution >= 0.6 is 11.6 Å². The topological polar surface area (TPSA) is 49.8 Å². The summed E-state index contributed by atoms with van der Waals surface area (Å²) in [6, 6.07) is 8.29. The lowest BCUT2D eigenvalue weighted by atomic mass is 9.89. The largest absolute Gasteiger partial charge is 0.481 e. The molecule has 1 aromatic carbocycles. The zero-order chi connectivity index (χ0) is 20.9. The number of rotatable bonds is 8. The zero-order valence-corrected chi connectivity index (χ0v) is 18.7. The van der Waals surface area contributed by atoms with Gasteiger partial charge in [0.05, 0.1) is 18.6 Å². The molecule has 30 heavy (non-hydrogen) atoms. The molecule has 1 N–H and O–H groups in total. The van der Waals surface area contributed by atoms with E-state index in [9.17, 15) is 9.90 Å². The van der Waals surface area contributed by atoms with Crippen molar-refractivity contribution in [2.24, 2.45) is 11.8 Å². The van der Waals surface area contributed by atoms with Crippen LogP contribution in [-0.4, -0.2) is 41.2 Å². The number of halogens is 1. The average Bonchev–Trinajstić information content (AvgIpc) is 3.42. The third-order valence-corrected chi connectivity index (χ3v) is 7.73. The standard InChI is InChI=1S/C25H36ClNO3/c26-21-11-9-20(10-12-21)25-23(14-13-22(30-25)15-24(28)29)27(16-18-5-1-2-6-18)17-19-7-3-4-8-19/h9-12,18-19,22-23,25H,1-8,13-17H2,(H,28,29). The summed E-state index contributed by atoms with van der Waals surface area (Å²) in [7, 11) is 0. The van der Waals surface area contributed by atoms with Gasteiger partial charge in [0.1, 0.15) is 0 Å². The molecule has 166 valence electrons. The third-order valence-electron chi connectivity index (χ3n) is 7.48. The lowest BCUT2D eigenvalue weighted by Crippen LogP contribution is -2.48. The third kappa shape index (κ3) is 5.77. The van der Waals surface area contributed by atoms with Gasteiger partial charge in [-0.15, -0.1) is 0 Å². The van der Waals surface area contributed by atoms with E-state index >= 15 is 0 Å². The van der Waals surface area contributed by atoms with Crippen molar-refractivity contribution in [2.45, 2.75) is 88.9 Å². The first-order chi connectivity index (χ1) is 14.6. The maximum atomic E-state index is 11.3. The van der Waals surface area contributed by atoms with E-state index in [4.69, 9.17) is 16.3 Å². The van der Waals surface area contributed by atoms with Crippen LogP contribution in [0.3, 0.4) is 0 Å². The summed E-state index contributed by atoms with van der Waals surface area (Å²) in [4.78, 5) is 14.1. The molecular weight excluding hydrogens is 398 g/mol. The molecule has 3 fully saturated rings. The predicted molar refractivity (Wildman–Crippen MR) is 120 cm³/mol. The van der Waals surface area contributed by atoms with Crippen LogP contribution in [0, 0.1) is 11.8 Å². The van der Waals surface area contributed by atoms with Gasteiger partial charge in [-0.25, -0.2) is 0 Å². The Morgan fingerprint density at radius 1 is 0.933 bits per heavy atom. The Morgan fingerprint density at radius 3 is 2.03 bits per heavy atom. The Kier molecular flexibility index (Phi) is 7.72. The van der Waals surface area contributed by atoms with Crippen LogP contribution < -0.4 is 0 Å². The van der Waals surface area contributed by atoms with Crippen molar-refractivity contribution in [1.29, 1.82) is 0 Å². The van der Waals surface area contributed by atoms with Gasteiger partial charge >= 0.3 is 5.97 Å². The highest BCUT2D eigenvalue weighted by Gasteiger charge is 2.38. The second-order valence-corrected chi connectivity index (χ2v) is 10.2. The summed E-state index contributed by atoms with van der Waals surface area (Å²) < 4.78 is 6.48. The van der Waals surface area contributed by atoms with Crippen LogP contribution in [0.15, 0.2) is 24.3 Å². The minimum Gasteiger partial charge on any atom is -0.481 e. The van der Waals surface area contributed by atoms with Gasteiger partial charge < -0.3 is 9.84 Å². The van der Waals surface area contributed by atoms with Crippen molar-refractivity contribution >= 4 is 17.6 Å². The molecule has 1 heterocycles. The van der Waals surface area contributed by atoms with Crippen LogP contribution in [0.1, 0.15) is 82.3 Å². The number of carboxylic acid groups (broad SMARTS) is 1. The molecule has 1 aromatic rings. The summed E-state index contributed by atoms with van der Waals surface area (Å²) in [5, 5.41) is 10.0. The minimum atomic E-state index is -0.776. The molecule has 3 aliphatic rings. The normalized spacial score (nSPS) is 28.4. The van der Waals surface area contributed by atoms with E-state index < -0.39 is 5.97 Å². The van der Waals surface area contributed by atoms with Crippen molar-refractivity contribution in [3.05, 3.63) is 34.9 Å². The van der Waals surface area contributed by atoms with E-state index in [1.54, 1.807) is 0 Å². The second-order valence-electron chi connectivity index (χ2n) is 9.73. The van der Waals surface area contributed by atoms with Crippen LogP contribution in [0.4, 0.5) is 0 Å². The molecular formula is C25H36ClNO3. The second kappa shape index (κ2) is 10.5. The summed E-state index contributed by atoms with van der Waals surface area (Å²) >= 11 is 6.14. The smallest absolute Gasteiger partial charge is 0.305 e. The van der Waals surface area contributed by atoms with E-state index in [1.807, 2.05) is 12.1 Å². The highest BCUT2D eigenvalue weighted by atomic mass is 35.5. The quantitative estimate of drug-likeness (QED) is 0.539. The first-order valence-corrected chi connectivity index (χ1v) is 12.3. The monoisotopic (exact) mass is 433 g/mol. The van der Waals surface area contributed by atoms with E-state index in [0.29, 0.717) is 6.04 Å². The van der Waals surface area contributed by atoms with E-state index in [1.165, 1.54) is 51.4 Å². The number of hydrogen-bond acceptors (Lipinski definition) is 3. The Bertz CT molecular complexity index is 664. The lowest BCUT2D eigenvalue weighted by molar-refractivity contribution is -0.148. The van der Waals surface area contributed by atoms with E-state index in [0.717, 1.165) is 48.4 Å². The van der Waals surface area contributed by atoms with Crippen molar-refractivity contribution in [3.8, 4) is 0 Å². The average molecular weight is 434 g/mol. The molecule has 5 heteroatoms. The van der Waals surface area contributed by atoms with Gasteiger partial charge in [-0.2, -0.15) is 0 Å². The molecule has 0 aromatic heterocycles.